The van der Waals surface area contributed by atoms with Gasteiger partial charge in [-0.15, -0.1) is 17.0 Å². The molecule has 0 aliphatic carbocycles. The summed E-state index contributed by atoms with van der Waals surface area (Å²) >= 11 is 0. The average molecular weight is 297 g/mol. The van der Waals surface area contributed by atoms with Crippen LogP contribution in [-0.2, 0) is 0 Å². The first kappa shape index (κ1) is 13.8. The molecule has 1 aliphatic rings. The third-order valence-corrected chi connectivity index (χ3v) is 2.83. The number of halogens is 1. The predicted molar refractivity (Wildman–Crippen MR) is 74.2 cm³/mol. The molecule has 0 amide bonds. The van der Waals surface area contributed by atoms with E-state index in [0.29, 0.717) is 0 Å². The molecule has 0 saturated carbocycles. The lowest BCUT2D eigenvalue weighted by Gasteiger charge is -2.24. The van der Waals surface area contributed by atoms with E-state index in [1.165, 1.54) is 0 Å². The van der Waals surface area contributed by atoms with Crippen molar-refractivity contribution in [1.29, 1.82) is 0 Å². The molecule has 4 heteroatoms. The van der Waals surface area contributed by atoms with Crippen molar-refractivity contribution in [1.82, 2.24) is 9.80 Å². The van der Waals surface area contributed by atoms with Gasteiger partial charge in [0.25, 0.3) is 0 Å². The summed E-state index contributed by atoms with van der Waals surface area (Å²) in [7, 11) is 2.00. The summed E-state index contributed by atoms with van der Waals surface area (Å²) in [5.74, 6) is 0.167. The van der Waals surface area contributed by atoms with E-state index in [-0.39, 0.29) is 28.8 Å². The normalized spacial score (nSPS) is 15.6. The van der Waals surface area contributed by atoms with Crippen molar-refractivity contribution in [3.63, 3.8) is 0 Å². The summed E-state index contributed by atoms with van der Waals surface area (Å²) < 4.78 is 0. The van der Waals surface area contributed by atoms with Crippen LogP contribution in [0.4, 0.5) is 0 Å². The van der Waals surface area contributed by atoms with Crippen LogP contribution >= 0.6 is 17.0 Å². The second-order valence-electron chi connectivity index (χ2n) is 4.12. The highest BCUT2D eigenvalue weighted by Crippen LogP contribution is 2.13. The topological polar surface area (TPSA) is 23.6 Å². The molecule has 1 aromatic rings. The number of carbonyl (C=O) groups excluding carboxylic acids is 1. The third kappa shape index (κ3) is 3.09. The number of ketones is 1. The molecule has 0 spiro atoms. The third-order valence-electron chi connectivity index (χ3n) is 2.83. The van der Waals surface area contributed by atoms with E-state index < -0.39 is 0 Å². The molecule has 0 N–H and O–H groups in total. The predicted octanol–water partition coefficient (Wildman–Crippen LogP) is 2.51. The van der Waals surface area contributed by atoms with E-state index in [1.54, 1.807) is 0 Å². The molecule has 1 aromatic carbocycles. The van der Waals surface area contributed by atoms with Crippen LogP contribution in [0.15, 0.2) is 42.7 Å². The molecule has 17 heavy (non-hydrogen) atoms. The molecule has 1 unspecified atom stereocenters. The maximum absolute atomic E-state index is 12.1. The van der Waals surface area contributed by atoms with Crippen molar-refractivity contribution in [2.24, 2.45) is 0 Å². The van der Waals surface area contributed by atoms with E-state index in [9.17, 15) is 4.79 Å². The number of benzene rings is 1. The molecule has 0 radical (unpaired) electrons. The molecule has 1 atom stereocenters. The fourth-order valence-electron chi connectivity index (χ4n) is 1.80. The van der Waals surface area contributed by atoms with Gasteiger partial charge < -0.3 is 9.80 Å². The quantitative estimate of drug-likeness (QED) is 0.801. The fourth-order valence-corrected chi connectivity index (χ4v) is 1.80. The minimum Gasteiger partial charge on any atom is -0.362 e. The van der Waals surface area contributed by atoms with Gasteiger partial charge in [0.15, 0.2) is 5.78 Å². The number of hydrogen-bond donors (Lipinski definition) is 0. The lowest BCUT2D eigenvalue weighted by Crippen LogP contribution is -2.36. The fraction of sp³-hybridized carbons (Fsp3) is 0.308. The SMILES string of the molecule is Br.CC(C(=O)c1ccccc1)N1C=CN(C)C1. The Kier molecular flexibility index (Phi) is 4.75. The molecule has 3 nitrogen and oxygen atoms in total. The van der Waals surface area contributed by atoms with Crippen LogP contribution in [0.1, 0.15) is 17.3 Å². The Labute approximate surface area is 112 Å². The largest absolute Gasteiger partial charge is 0.362 e. The molecule has 2 rings (SSSR count). The Morgan fingerprint density at radius 3 is 2.41 bits per heavy atom. The van der Waals surface area contributed by atoms with Gasteiger partial charge >= 0.3 is 0 Å². The van der Waals surface area contributed by atoms with Crippen molar-refractivity contribution < 1.29 is 4.79 Å². The zero-order chi connectivity index (χ0) is 11.5. The first-order chi connectivity index (χ1) is 7.68. The smallest absolute Gasteiger partial charge is 0.184 e. The molecule has 0 fully saturated rings. The van der Waals surface area contributed by atoms with Crippen LogP contribution in [0, 0.1) is 0 Å². The molecule has 0 saturated heterocycles. The van der Waals surface area contributed by atoms with Crippen LogP contribution in [0.25, 0.3) is 0 Å². The van der Waals surface area contributed by atoms with Crippen LogP contribution in [0.3, 0.4) is 0 Å². The van der Waals surface area contributed by atoms with Gasteiger partial charge in [0.05, 0.1) is 12.7 Å². The van der Waals surface area contributed by atoms with Gasteiger partial charge in [-0.2, -0.15) is 0 Å². The van der Waals surface area contributed by atoms with E-state index in [4.69, 9.17) is 0 Å². The number of carbonyl (C=O) groups is 1. The Bertz CT molecular complexity index is 405. The summed E-state index contributed by atoms with van der Waals surface area (Å²) in [6.45, 7) is 2.72. The summed E-state index contributed by atoms with van der Waals surface area (Å²) in [5, 5.41) is 0. The van der Waals surface area contributed by atoms with E-state index in [1.807, 2.05) is 61.6 Å². The Hall–Kier alpha value is -1.29. The number of rotatable bonds is 3. The van der Waals surface area contributed by atoms with Crippen molar-refractivity contribution in [3.05, 3.63) is 48.3 Å². The maximum atomic E-state index is 12.1. The van der Waals surface area contributed by atoms with Crippen molar-refractivity contribution in [3.8, 4) is 0 Å². The summed E-state index contributed by atoms with van der Waals surface area (Å²) in [5.41, 5.74) is 0.776. The minimum absolute atomic E-state index is 0. The summed E-state index contributed by atoms with van der Waals surface area (Å²) in [6, 6.07) is 9.33. The zero-order valence-corrected chi connectivity index (χ0v) is 11.7. The Morgan fingerprint density at radius 2 is 1.88 bits per heavy atom. The van der Waals surface area contributed by atoms with Gasteiger partial charge in [-0.3, -0.25) is 4.79 Å². The highest BCUT2D eigenvalue weighted by atomic mass is 79.9. The van der Waals surface area contributed by atoms with Crippen molar-refractivity contribution >= 4 is 22.8 Å². The molecule has 0 aromatic heterocycles. The zero-order valence-electron chi connectivity index (χ0n) is 10.0. The number of Topliss-reactive ketones (excluding diaryl/α,β-unsaturated/α-hetero) is 1. The first-order valence-corrected chi connectivity index (χ1v) is 5.42. The molecule has 1 heterocycles. The van der Waals surface area contributed by atoms with Gasteiger partial charge in [0, 0.05) is 25.0 Å². The van der Waals surface area contributed by atoms with Gasteiger partial charge in [0.1, 0.15) is 0 Å². The van der Waals surface area contributed by atoms with Crippen LogP contribution < -0.4 is 0 Å². The highest BCUT2D eigenvalue weighted by Gasteiger charge is 2.22. The van der Waals surface area contributed by atoms with Crippen LogP contribution in [0.2, 0.25) is 0 Å². The van der Waals surface area contributed by atoms with Gasteiger partial charge in [-0.25, -0.2) is 0 Å². The van der Waals surface area contributed by atoms with E-state index in [0.717, 1.165) is 12.2 Å². The molecular weight excluding hydrogens is 280 g/mol. The van der Waals surface area contributed by atoms with Gasteiger partial charge in [0.2, 0.25) is 0 Å². The summed E-state index contributed by atoms with van der Waals surface area (Å²) in [6.07, 6.45) is 3.94. The average Bonchev–Trinajstić information content (AvgIpc) is 2.75. The Balaban J connectivity index is 0.00000144. The minimum atomic E-state index is -0.108. The lowest BCUT2D eigenvalue weighted by atomic mass is 10.1. The van der Waals surface area contributed by atoms with Gasteiger partial charge in [-0.05, 0) is 6.92 Å². The van der Waals surface area contributed by atoms with Crippen LogP contribution in [-0.4, -0.2) is 35.3 Å². The molecule has 92 valence electrons. The maximum Gasteiger partial charge on any atom is 0.184 e. The molecule has 0 bridgehead atoms. The van der Waals surface area contributed by atoms with Crippen molar-refractivity contribution in [2.45, 2.75) is 13.0 Å². The molecule has 1 aliphatic heterocycles. The van der Waals surface area contributed by atoms with Crippen molar-refractivity contribution in [2.75, 3.05) is 13.7 Å². The number of hydrogen-bond acceptors (Lipinski definition) is 3. The molecular formula is C13H17BrN2O. The Morgan fingerprint density at radius 1 is 1.24 bits per heavy atom. The second kappa shape index (κ2) is 5.87. The first-order valence-electron chi connectivity index (χ1n) is 5.42. The number of nitrogens with zero attached hydrogens (tertiary/aromatic N) is 2. The van der Waals surface area contributed by atoms with E-state index in [2.05, 4.69) is 4.90 Å². The van der Waals surface area contributed by atoms with E-state index >= 15 is 0 Å². The van der Waals surface area contributed by atoms with Crippen LogP contribution in [0.5, 0.6) is 0 Å². The van der Waals surface area contributed by atoms with Gasteiger partial charge in [-0.1, -0.05) is 30.3 Å². The summed E-state index contributed by atoms with van der Waals surface area (Å²) in [4.78, 5) is 16.2. The monoisotopic (exact) mass is 296 g/mol. The standard InChI is InChI=1S/C13H16N2O.BrH/c1-11(15-9-8-14(2)10-15)13(16)12-6-4-3-5-7-12;/h3-9,11H,10H2,1-2H3;1H. The highest BCUT2D eigenvalue weighted by molar-refractivity contribution is 8.93. The lowest BCUT2D eigenvalue weighted by molar-refractivity contribution is 0.0873. The second-order valence-corrected chi connectivity index (χ2v) is 4.12.